The Morgan fingerprint density at radius 2 is 1.12 bits per heavy atom. The molecule has 4 heteroatoms. The van der Waals surface area contributed by atoms with Gasteiger partial charge in [0.1, 0.15) is 5.58 Å². The minimum absolute atomic E-state index is 0.0186. The third-order valence-electron chi connectivity index (χ3n) is 16.8. The monoisotopic (exact) mass is 897 g/mol. The number of benzene rings is 6. The van der Waals surface area contributed by atoms with Gasteiger partial charge in [0.05, 0.1) is 17.0 Å². The number of hydrogen-bond donors (Lipinski definition) is 0. The van der Waals surface area contributed by atoms with Crippen LogP contribution in [-0.4, -0.2) is 6.71 Å². The van der Waals surface area contributed by atoms with Crippen molar-refractivity contribution >= 4 is 68.4 Å². The average molecular weight is 897 g/mol. The van der Waals surface area contributed by atoms with E-state index in [1.165, 1.54) is 127 Å². The summed E-state index contributed by atoms with van der Waals surface area (Å²) >= 11 is 0. The van der Waals surface area contributed by atoms with Gasteiger partial charge in [-0.15, -0.1) is 0 Å². The van der Waals surface area contributed by atoms with Crippen molar-refractivity contribution in [2.45, 2.75) is 168 Å². The normalized spacial score (nSPS) is 17.8. The molecule has 0 amide bonds. The first-order chi connectivity index (χ1) is 32.1. The highest BCUT2D eigenvalue weighted by atomic mass is 16.3. The zero-order valence-electron chi connectivity index (χ0n) is 43.4. The van der Waals surface area contributed by atoms with E-state index in [0.29, 0.717) is 5.92 Å². The summed E-state index contributed by atoms with van der Waals surface area (Å²) in [5, 5.41) is 1.19. The fraction of sp³-hybridized carbons (Fsp3) is 0.406. The summed E-state index contributed by atoms with van der Waals surface area (Å²) in [6, 6.07) is 45.6. The van der Waals surface area contributed by atoms with Crippen molar-refractivity contribution in [2.24, 2.45) is 0 Å². The summed E-state index contributed by atoms with van der Waals surface area (Å²) in [6.07, 6.45) is 8.63. The van der Waals surface area contributed by atoms with Crippen LogP contribution in [-0.2, 0) is 27.1 Å². The van der Waals surface area contributed by atoms with Gasteiger partial charge in [0.15, 0.2) is 0 Å². The molecular weight excluding hydrogens is 824 g/mol. The van der Waals surface area contributed by atoms with E-state index in [2.05, 4.69) is 215 Å². The maximum Gasteiger partial charge on any atom is 0.297 e. The molecule has 3 nitrogen and oxygen atoms in total. The van der Waals surface area contributed by atoms with Crippen LogP contribution in [0, 0.1) is 0 Å². The summed E-state index contributed by atoms with van der Waals surface area (Å²) in [7, 11) is 0. The Kier molecular flexibility index (Phi) is 10.3. The molecule has 0 unspecified atom stereocenters. The molecular formula is C64H73BN2O. The molecule has 2 aliphatic carbocycles. The second kappa shape index (κ2) is 15.5. The largest absolute Gasteiger partial charge is 0.468 e. The highest BCUT2D eigenvalue weighted by molar-refractivity contribution is 7.00. The Morgan fingerprint density at radius 3 is 1.75 bits per heavy atom. The third kappa shape index (κ3) is 7.29. The molecule has 1 aromatic heterocycles. The minimum atomic E-state index is -0.114. The second-order valence-corrected chi connectivity index (χ2v) is 25.6. The lowest BCUT2D eigenvalue weighted by atomic mass is 9.35. The van der Waals surface area contributed by atoms with Crippen LogP contribution in [0.3, 0.4) is 0 Å². The van der Waals surface area contributed by atoms with Gasteiger partial charge in [-0.05, 0) is 163 Å². The summed E-state index contributed by atoms with van der Waals surface area (Å²) in [5.41, 5.74) is 23.1. The van der Waals surface area contributed by atoms with Crippen LogP contribution in [0.15, 0.2) is 120 Å². The summed E-state index contributed by atoms with van der Waals surface area (Å²) in [4.78, 5) is 5.34. The highest BCUT2D eigenvalue weighted by Gasteiger charge is 2.49. The standard InChI is InChI=1S/C64H73BN2O/c1-60(2,3)43-24-28-46(29-25-43)66-54-34-42(40-20-16-14-17-21-40)35-55-57(54)65(59-58(66)48-37-45(62(7,8)9)27-31-56(48)68-59)51-38-49-50(64(12,13)33-32-63(49,10)11)39-53(51)67(55)52-30-26-44(61(4,5)6)36-47(52)41-22-18-15-19-23-41/h15,18-19,22-31,34-40H,14,16-17,20-21,32-33H2,1-13H3. The van der Waals surface area contributed by atoms with E-state index in [-0.39, 0.29) is 33.8 Å². The Labute approximate surface area is 408 Å². The molecule has 0 radical (unpaired) electrons. The Bertz CT molecular complexity index is 3100. The van der Waals surface area contributed by atoms with Gasteiger partial charge in [-0.3, -0.25) is 0 Å². The van der Waals surface area contributed by atoms with E-state index in [0.717, 1.165) is 24.1 Å². The number of fused-ring (bicyclic) bond motifs is 7. The molecule has 11 rings (SSSR count). The minimum Gasteiger partial charge on any atom is -0.468 e. The van der Waals surface area contributed by atoms with Crippen LogP contribution in [0.25, 0.3) is 22.1 Å². The molecule has 0 atom stereocenters. The summed E-state index contributed by atoms with van der Waals surface area (Å²) in [5.74, 6) is 0.493. The molecule has 0 bridgehead atoms. The molecule has 0 N–H and O–H groups in total. The Balaban J connectivity index is 1.30. The Hall–Kier alpha value is -5.48. The summed E-state index contributed by atoms with van der Waals surface area (Å²) < 4.78 is 7.50. The molecule has 4 aliphatic rings. The number of nitrogens with zero attached hydrogens (tertiary/aromatic N) is 2. The van der Waals surface area contributed by atoms with Crippen molar-refractivity contribution in [2.75, 3.05) is 9.80 Å². The number of hydrogen-bond acceptors (Lipinski definition) is 3. The lowest BCUT2D eigenvalue weighted by molar-refractivity contribution is 0.332. The number of anilines is 6. The van der Waals surface area contributed by atoms with Crippen LogP contribution >= 0.6 is 0 Å². The molecule has 7 aromatic rings. The molecule has 2 aliphatic heterocycles. The van der Waals surface area contributed by atoms with E-state index >= 15 is 0 Å². The second-order valence-electron chi connectivity index (χ2n) is 25.6. The molecule has 6 aromatic carbocycles. The average Bonchev–Trinajstić information content (AvgIpc) is 3.68. The molecule has 1 saturated carbocycles. The van der Waals surface area contributed by atoms with E-state index in [1.807, 2.05) is 0 Å². The molecule has 68 heavy (non-hydrogen) atoms. The van der Waals surface area contributed by atoms with Gasteiger partial charge in [0.25, 0.3) is 6.71 Å². The smallest absolute Gasteiger partial charge is 0.297 e. The van der Waals surface area contributed by atoms with Crippen molar-refractivity contribution < 1.29 is 4.42 Å². The SMILES string of the molecule is CC(C)(C)c1ccc(N2c3cc(C4CCCCC4)cc4c3B(c3cc5c(cc3N4c3ccc(C(C)(C)C)cc3-c3ccccc3)C(C)(C)CCC5(C)C)c3oc4ccc(C(C)(C)C)cc4c32)cc1. The van der Waals surface area contributed by atoms with Crippen LogP contribution in [0.5, 0.6) is 0 Å². The van der Waals surface area contributed by atoms with Crippen LogP contribution in [0.1, 0.15) is 174 Å². The van der Waals surface area contributed by atoms with Crippen molar-refractivity contribution in [3.05, 3.63) is 149 Å². The quantitative estimate of drug-likeness (QED) is 0.164. The van der Waals surface area contributed by atoms with Crippen molar-refractivity contribution in [1.29, 1.82) is 0 Å². The maximum absolute atomic E-state index is 7.50. The van der Waals surface area contributed by atoms with Crippen molar-refractivity contribution in [3.8, 4) is 11.1 Å². The first-order valence-corrected chi connectivity index (χ1v) is 25.9. The van der Waals surface area contributed by atoms with Gasteiger partial charge in [-0.2, -0.15) is 0 Å². The van der Waals surface area contributed by atoms with Crippen molar-refractivity contribution in [1.82, 2.24) is 0 Å². The van der Waals surface area contributed by atoms with E-state index in [4.69, 9.17) is 4.42 Å². The first-order valence-electron chi connectivity index (χ1n) is 25.9. The molecule has 3 heterocycles. The Morgan fingerprint density at radius 1 is 0.544 bits per heavy atom. The van der Waals surface area contributed by atoms with Gasteiger partial charge >= 0.3 is 0 Å². The molecule has 0 spiro atoms. The lowest BCUT2D eigenvalue weighted by Gasteiger charge is -2.47. The fourth-order valence-electron chi connectivity index (χ4n) is 12.4. The fourth-order valence-corrected chi connectivity index (χ4v) is 12.4. The van der Waals surface area contributed by atoms with Crippen LogP contribution < -0.4 is 26.4 Å². The first kappa shape index (κ1) is 45.0. The van der Waals surface area contributed by atoms with Gasteiger partial charge in [0.2, 0.25) is 0 Å². The topological polar surface area (TPSA) is 19.6 Å². The van der Waals surface area contributed by atoms with Gasteiger partial charge < -0.3 is 14.2 Å². The highest BCUT2D eigenvalue weighted by Crippen LogP contribution is 2.54. The van der Waals surface area contributed by atoms with Crippen LogP contribution in [0.4, 0.5) is 34.1 Å². The van der Waals surface area contributed by atoms with E-state index in [1.54, 1.807) is 0 Å². The zero-order valence-corrected chi connectivity index (χ0v) is 43.4. The predicted molar refractivity (Wildman–Crippen MR) is 293 cm³/mol. The maximum atomic E-state index is 7.50. The van der Waals surface area contributed by atoms with E-state index in [9.17, 15) is 0 Å². The van der Waals surface area contributed by atoms with E-state index < -0.39 is 0 Å². The molecule has 348 valence electrons. The molecule has 1 fully saturated rings. The number of furan rings is 1. The van der Waals surface area contributed by atoms with Gasteiger partial charge in [0, 0.05) is 33.7 Å². The zero-order chi connectivity index (χ0) is 47.9. The van der Waals surface area contributed by atoms with Gasteiger partial charge in [-0.25, -0.2) is 0 Å². The third-order valence-corrected chi connectivity index (χ3v) is 16.8. The van der Waals surface area contributed by atoms with Gasteiger partial charge in [-0.1, -0.05) is 170 Å². The van der Waals surface area contributed by atoms with Crippen LogP contribution in [0.2, 0.25) is 0 Å². The predicted octanol–water partition coefficient (Wildman–Crippen LogP) is 16.5. The van der Waals surface area contributed by atoms with Crippen molar-refractivity contribution in [3.63, 3.8) is 0 Å². The number of rotatable bonds is 4. The summed E-state index contributed by atoms with van der Waals surface area (Å²) in [6.45, 7) is 30.8. The lowest BCUT2D eigenvalue weighted by Crippen LogP contribution is -2.61. The molecule has 0 saturated heterocycles.